The Morgan fingerprint density at radius 1 is 1.30 bits per heavy atom. The van der Waals surface area contributed by atoms with Crippen molar-refractivity contribution >= 4 is 5.91 Å². The minimum atomic E-state index is -0.451. The minimum absolute atomic E-state index is 0.0198. The number of carbonyl (C=O) groups is 1. The fraction of sp³-hybridized carbons (Fsp3) is 0.588. The van der Waals surface area contributed by atoms with Gasteiger partial charge >= 0.3 is 0 Å². The third kappa shape index (κ3) is 3.83. The molecule has 2 rings (SSSR count). The largest absolute Gasteiger partial charge is 0.354 e. The number of hydrogen-bond acceptors (Lipinski definition) is 2. The highest BCUT2D eigenvalue weighted by atomic mass is 16.2. The zero-order chi connectivity index (χ0) is 14.4. The first kappa shape index (κ1) is 15.0. The van der Waals surface area contributed by atoms with E-state index in [1.165, 1.54) is 25.7 Å². The lowest BCUT2D eigenvalue weighted by molar-refractivity contribution is -0.122. The van der Waals surface area contributed by atoms with Crippen LogP contribution in [0.5, 0.6) is 0 Å². The van der Waals surface area contributed by atoms with Gasteiger partial charge in [-0.2, -0.15) is 0 Å². The average Bonchev–Trinajstić information content (AvgIpc) is 2.95. The summed E-state index contributed by atoms with van der Waals surface area (Å²) in [5, 5.41) is 3.07. The molecule has 110 valence electrons. The molecule has 0 heterocycles. The lowest BCUT2D eigenvalue weighted by atomic mass is 9.83. The second-order valence-electron chi connectivity index (χ2n) is 6.07. The monoisotopic (exact) mass is 274 g/mol. The standard InChI is InChI=1S/C17H26N2O/c1-2-17(10-6-7-11-17)13-19-16(20)15(18)12-14-8-4-3-5-9-14/h3-5,8-9,15H,2,6-7,10-13,18H2,1H3,(H,19,20). The van der Waals surface area contributed by atoms with Crippen LogP contribution in [0.25, 0.3) is 0 Å². The third-order valence-electron chi connectivity index (χ3n) is 4.69. The van der Waals surface area contributed by atoms with Crippen molar-refractivity contribution in [1.29, 1.82) is 0 Å². The molecule has 0 aromatic heterocycles. The van der Waals surface area contributed by atoms with Crippen molar-refractivity contribution in [3.63, 3.8) is 0 Å². The van der Waals surface area contributed by atoms with Crippen LogP contribution in [0.15, 0.2) is 30.3 Å². The van der Waals surface area contributed by atoms with E-state index in [1.807, 2.05) is 30.3 Å². The van der Waals surface area contributed by atoms with Crippen LogP contribution < -0.4 is 11.1 Å². The molecular formula is C17H26N2O. The molecule has 0 spiro atoms. The van der Waals surface area contributed by atoms with E-state index >= 15 is 0 Å². The Labute approximate surface area is 121 Å². The Morgan fingerprint density at radius 3 is 2.55 bits per heavy atom. The van der Waals surface area contributed by atoms with E-state index in [2.05, 4.69) is 12.2 Å². The molecule has 1 fully saturated rings. The highest BCUT2D eigenvalue weighted by Gasteiger charge is 2.32. The maximum atomic E-state index is 12.1. The van der Waals surface area contributed by atoms with Crippen LogP contribution >= 0.6 is 0 Å². The van der Waals surface area contributed by atoms with Crippen LogP contribution in [-0.4, -0.2) is 18.5 Å². The van der Waals surface area contributed by atoms with Gasteiger partial charge in [0.25, 0.3) is 0 Å². The van der Waals surface area contributed by atoms with Crippen LogP contribution in [0.1, 0.15) is 44.6 Å². The van der Waals surface area contributed by atoms with Crippen molar-refractivity contribution < 1.29 is 4.79 Å². The Balaban J connectivity index is 1.82. The molecule has 1 aliphatic rings. The normalized spacial score (nSPS) is 18.7. The summed E-state index contributed by atoms with van der Waals surface area (Å²) >= 11 is 0. The Hall–Kier alpha value is -1.35. The molecule has 1 amide bonds. The van der Waals surface area contributed by atoms with E-state index in [-0.39, 0.29) is 5.91 Å². The Morgan fingerprint density at radius 2 is 1.95 bits per heavy atom. The van der Waals surface area contributed by atoms with Gasteiger partial charge in [0.1, 0.15) is 0 Å². The molecule has 0 saturated heterocycles. The van der Waals surface area contributed by atoms with Crippen LogP contribution in [-0.2, 0) is 11.2 Å². The first-order valence-electron chi connectivity index (χ1n) is 7.72. The van der Waals surface area contributed by atoms with Crippen LogP contribution in [0, 0.1) is 5.41 Å². The number of amides is 1. The van der Waals surface area contributed by atoms with Gasteiger partial charge in [-0.25, -0.2) is 0 Å². The summed E-state index contributed by atoms with van der Waals surface area (Å²) < 4.78 is 0. The molecule has 0 aliphatic heterocycles. The topological polar surface area (TPSA) is 55.1 Å². The third-order valence-corrected chi connectivity index (χ3v) is 4.69. The lowest BCUT2D eigenvalue weighted by Gasteiger charge is -2.28. The van der Waals surface area contributed by atoms with E-state index < -0.39 is 6.04 Å². The molecule has 3 heteroatoms. The van der Waals surface area contributed by atoms with Gasteiger partial charge in [-0.1, -0.05) is 50.1 Å². The second-order valence-corrected chi connectivity index (χ2v) is 6.07. The molecule has 3 N–H and O–H groups in total. The number of nitrogens with two attached hydrogens (primary N) is 1. The van der Waals surface area contributed by atoms with Crippen molar-refractivity contribution in [2.75, 3.05) is 6.54 Å². The average molecular weight is 274 g/mol. The molecule has 3 nitrogen and oxygen atoms in total. The molecule has 1 atom stereocenters. The number of rotatable bonds is 6. The summed E-state index contributed by atoms with van der Waals surface area (Å²) in [5.74, 6) is -0.0198. The lowest BCUT2D eigenvalue weighted by Crippen LogP contribution is -2.45. The first-order chi connectivity index (χ1) is 9.65. The molecular weight excluding hydrogens is 248 g/mol. The molecule has 1 unspecified atom stereocenters. The quantitative estimate of drug-likeness (QED) is 0.838. The van der Waals surface area contributed by atoms with Crippen molar-refractivity contribution in [1.82, 2.24) is 5.32 Å². The highest BCUT2D eigenvalue weighted by Crippen LogP contribution is 2.40. The van der Waals surface area contributed by atoms with E-state index in [0.29, 0.717) is 11.8 Å². The number of nitrogens with one attached hydrogen (secondary N) is 1. The molecule has 1 aromatic carbocycles. The van der Waals surface area contributed by atoms with E-state index in [4.69, 9.17) is 5.73 Å². The summed E-state index contributed by atoms with van der Waals surface area (Å²) in [7, 11) is 0. The highest BCUT2D eigenvalue weighted by molar-refractivity contribution is 5.81. The summed E-state index contributed by atoms with van der Waals surface area (Å²) in [6.07, 6.45) is 6.79. The predicted octanol–water partition coefficient (Wildman–Crippen LogP) is 2.64. The van der Waals surface area contributed by atoms with E-state index in [9.17, 15) is 4.79 Å². The van der Waals surface area contributed by atoms with Crippen molar-refractivity contribution in [3.05, 3.63) is 35.9 Å². The number of benzene rings is 1. The van der Waals surface area contributed by atoms with Gasteiger partial charge in [-0.3, -0.25) is 4.79 Å². The Kier molecular flexibility index (Phi) is 5.18. The smallest absolute Gasteiger partial charge is 0.237 e. The van der Waals surface area contributed by atoms with Crippen LogP contribution in [0.3, 0.4) is 0 Å². The van der Waals surface area contributed by atoms with E-state index in [0.717, 1.165) is 18.5 Å². The molecule has 1 saturated carbocycles. The molecule has 1 aliphatic carbocycles. The van der Waals surface area contributed by atoms with Gasteiger partial charge in [0.15, 0.2) is 0 Å². The van der Waals surface area contributed by atoms with Crippen molar-refractivity contribution in [3.8, 4) is 0 Å². The van der Waals surface area contributed by atoms with Crippen molar-refractivity contribution in [2.45, 2.75) is 51.5 Å². The number of carbonyl (C=O) groups excluding carboxylic acids is 1. The maximum Gasteiger partial charge on any atom is 0.237 e. The molecule has 1 aromatic rings. The summed E-state index contributed by atoms with van der Waals surface area (Å²) in [5.41, 5.74) is 7.44. The van der Waals surface area contributed by atoms with Crippen LogP contribution in [0.4, 0.5) is 0 Å². The number of hydrogen-bond donors (Lipinski definition) is 2. The van der Waals surface area contributed by atoms with Gasteiger partial charge in [-0.05, 0) is 36.7 Å². The molecule has 0 radical (unpaired) electrons. The summed E-state index contributed by atoms with van der Waals surface area (Å²) in [4.78, 5) is 12.1. The Bertz CT molecular complexity index is 424. The zero-order valence-corrected chi connectivity index (χ0v) is 12.4. The van der Waals surface area contributed by atoms with Crippen LogP contribution in [0.2, 0.25) is 0 Å². The molecule has 0 bridgehead atoms. The van der Waals surface area contributed by atoms with Gasteiger partial charge in [-0.15, -0.1) is 0 Å². The van der Waals surface area contributed by atoms with Crippen molar-refractivity contribution in [2.24, 2.45) is 11.1 Å². The summed E-state index contributed by atoms with van der Waals surface area (Å²) in [6.45, 7) is 3.01. The van der Waals surface area contributed by atoms with Gasteiger partial charge in [0, 0.05) is 6.54 Å². The van der Waals surface area contributed by atoms with Gasteiger partial charge in [0.05, 0.1) is 6.04 Å². The second kappa shape index (κ2) is 6.89. The maximum absolute atomic E-state index is 12.1. The fourth-order valence-electron chi connectivity index (χ4n) is 3.15. The SMILES string of the molecule is CCC1(CNC(=O)C(N)Cc2ccccc2)CCCC1. The van der Waals surface area contributed by atoms with Gasteiger partial charge in [0.2, 0.25) is 5.91 Å². The fourth-order valence-corrected chi connectivity index (χ4v) is 3.15. The van der Waals surface area contributed by atoms with Gasteiger partial charge < -0.3 is 11.1 Å². The first-order valence-corrected chi connectivity index (χ1v) is 7.72. The molecule has 20 heavy (non-hydrogen) atoms. The summed E-state index contributed by atoms with van der Waals surface area (Å²) in [6, 6.07) is 9.50. The van der Waals surface area contributed by atoms with E-state index in [1.54, 1.807) is 0 Å². The minimum Gasteiger partial charge on any atom is -0.354 e. The zero-order valence-electron chi connectivity index (χ0n) is 12.4. The predicted molar refractivity (Wildman–Crippen MR) is 82.3 cm³/mol.